The van der Waals surface area contributed by atoms with E-state index in [0.29, 0.717) is 5.69 Å². The van der Waals surface area contributed by atoms with E-state index in [9.17, 15) is 9.59 Å². The Morgan fingerprint density at radius 1 is 1.39 bits per heavy atom. The fourth-order valence-electron chi connectivity index (χ4n) is 1.25. The van der Waals surface area contributed by atoms with Gasteiger partial charge >= 0.3 is 12.1 Å². The van der Waals surface area contributed by atoms with Gasteiger partial charge in [-0.1, -0.05) is 0 Å². The Labute approximate surface area is 105 Å². The van der Waals surface area contributed by atoms with E-state index in [2.05, 4.69) is 10.3 Å². The van der Waals surface area contributed by atoms with Crippen molar-refractivity contribution in [2.45, 2.75) is 33.3 Å². The molecule has 18 heavy (non-hydrogen) atoms. The molecule has 6 nitrogen and oxygen atoms in total. The third kappa shape index (κ3) is 4.04. The van der Waals surface area contributed by atoms with Crippen molar-refractivity contribution < 1.29 is 19.4 Å². The van der Waals surface area contributed by atoms with Gasteiger partial charge in [0.05, 0.1) is 5.69 Å². The molecule has 0 aromatic carbocycles. The summed E-state index contributed by atoms with van der Waals surface area (Å²) in [6, 6.07) is 1.48. The molecule has 6 heteroatoms. The largest absolute Gasteiger partial charge is 0.478 e. The molecule has 0 unspecified atom stereocenters. The summed E-state index contributed by atoms with van der Waals surface area (Å²) in [5.41, 5.74) is 0.0528. The molecule has 1 aromatic heterocycles. The van der Waals surface area contributed by atoms with Crippen LogP contribution in [0.3, 0.4) is 0 Å². The third-order valence-electron chi connectivity index (χ3n) is 1.91. The lowest BCUT2D eigenvalue weighted by molar-refractivity contribution is 0.0636. The lowest BCUT2D eigenvalue weighted by Gasteiger charge is -2.20. The molecule has 0 saturated carbocycles. The van der Waals surface area contributed by atoms with Crippen molar-refractivity contribution >= 4 is 17.7 Å². The van der Waals surface area contributed by atoms with Gasteiger partial charge in [-0.2, -0.15) is 0 Å². The van der Waals surface area contributed by atoms with Gasteiger partial charge in [0.25, 0.3) is 0 Å². The van der Waals surface area contributed by atoms with Crippen LogP contribution in [0, 0.1) is 6.92 Å². The summed E-state index contributed by atoms with van der Waals surface area (Å²) < 4.78 is 5.05. The van der Waals surface area contributed by atoms with Crippen molar-refractivity contribution in [2.24, 2.45) is 0 Å². The van der Waals surface area contributed by atoms with Crippen LogP contribution in [0.1, 0.15) is 36.8 Å². The lowest BCUT2D eigenvalue weighted by atomic mass is 10.2. The number of carbonyl (C=O) groups excluding carboxylic acids is 1. The fourth-order valence-corrected chi connectivity index (χ4v) is 1.25. The smallest absolute Gasteiger partial charge is 0.412 e. The Hall–Kier alpha value is -2.11. The summed E-state index contributed by atoms with van der Waals surface area (Å²) in [5, 5.41) is 11.4. The number of carboxylic acid groups (broad SMARTS) is 1. The molecule has 0 saturated heterocycles. The maximum atomic E-state index is 11.6. The van der Waals surface area contributed by atoms with Crippen LogP contribution in [0.4, 0.5) is 10.5 Å². The number of nitrogens with zero attached hydrogens (tertiary/aromatic N) is 1. The maximum Gasteiger partial charge on any atom is 0.412 e. The summed E-state index contributed by atoms with van der Waals surface area (Å²) in [7, 11) is 0. The van der Waals surface area contributed by atoms with Crippen molar-refractivity contribution in [1.82, 2.24) is 4.98 Å². The van der Waals surface area contributed by atoms with Gasteiger partial charge in [-0.25, -0.2) is 9.59 Å². The number of amides is 1. The number of carbonyl (C=O) groups is 2. The SMILES string of the molecule is Cc1cc(NC(=O)OC(C)(C)C)c(C(=O)O)cn1. The quantitative estimate of drug-likeness (QED) is 0.843. The van der Waals surface area contributed by atoms with Crippen molar-refractivity contribution in [3.05, 3.63) is 23.5 Å². The van der Waals surface area contributed by atoms with E-state index in [1.807, 2.05) is 0 Å². The number of pyridine rings is 1. The molecule has 0 atom stereocenters. The number of rotatable bonds is 2. The minimum atomic E-state index is -1.16. The first kappa shape index (κ1) is 14.0. The summed E-state index contributed by atoms with van der Waals surface area (Å²) in [4.78, 5) is 26.4. The minimum absolute atomic E-state index is 0.0774. The molecule has 0 aliphatic heterocycles. The first-order valence-corrected chi connectivity index (χ1v) is 5.39. The molecule has 1 heterocycles. The van der Waals surface area contributed by atoms with Crippen molar-refractivity contribution in [1.29, 1.82) is 0 Å². The van der Waals surface area contributed by atoms with E-state index in [-0.39, 0.29) is 11.3 Å². The van der Waals surface area contributed by atoms with Crippen LogP contribution in [-0.2, 0) is 4.74 Å². The first-order chi connectivity index (χ1) is 8.19. The Morgan fingerprint density at radius 3 is 2.50 bits per heavy atom. The summed E-state index contributed by atoms with van der Waals surface area (Å²) >= 11 is 0. The van der Waals surface area contributed by atoms with Crippen LogP contribution in [0.2, 0.25) is 0 Å². The number of aryl methyl sites for hydroxylation is 1. The molecule has 0 radical (unpaired) electrons. The number of anilines is 1. The zero-order valence-corrected chi connectivity index (χ0v) is 10.8. The van der Waals surface area contributed by atoms with Crippen LogP contribution in [0.15, 0.2) is 12.3 Å². The second-order valence-corrected chi connectivity index (χ2v) is 4.80. The molecule has 0 bridgehead atoms. The first-order valence-electron chi connectivity index (χ1n) is 5.39. The van der Waals surface area contributed by atoms with Crippen LogP contribution >= 0.6 is 0 Å². The van der Waals surface area contributed by atoms with E-state index in [0.717, 1.165) is 0 Å². The molecule has 1 rings (SSSR count). The number of nitrogens with one attached hydrogen (secondary N) is 1. The molecular weight excluding hydrogens is 236 g/mol. The molecule has 0 aliphatic rings. The van der Waals surface area contributed by atoms with Gasteiger partial charge in [-0.15, -0.1) is 0 Å². The van der Waals surface area contributed by atoms with Gasteiger partial charge in [0.15, 0.2) is 0 Å². The Balaban J connectivity index is 2.93. The van der Waals surface area contributed by atoms with Crippen LogP contribution in [0.5, 0.6) is 0 Å². The number of hydrogen-bond acceptors (Lipinski definition) is 4. The number of hydrogen-bond donors (Lipinski definition) is 2. The van der Waals surface area contributed by atoms with Crippen molar-refractivity contribution in [3.63, 3.8) is 0 Å². The highest BCUT2D eigenvalue weighted by Crippen LogP contribution is 2.17. The fraction of sp³-hybridized carbons (Fsp3) is 0.417. The van der Waals surface area contributed by atoms with E-state index in [1.165, 1.54) is 12.3 Å². The zero-order valence-electron chi connectivity index (χ0n) is 10.8. The molecule has 1 aromatic rings. The van der Waals surface area contributed by atoms with Gasteiger partial charge in [0, 0.05) is 11.9 Å². The maximum absolute atomic E-state index is 11.6. The highest BCUT2D eigenvalue weighted by molar-refractivity contribution is 5.98. The summed E-state index contributed by atoms with van der Waals surface area (Å²) in [5.74, 6) is -1.16. The van der Waals surface area contributed by atoms with Gasteiger partial charge in [0.1, 0.15) is 11.2 Å². The Bertz CT molecular complexity index is 477. The molecular formula is C12H16N2O4. The van der Waals surface area contributed by atoms with E-state index in [4.69, 9.17) is 9.84 Å². The van der Waals surface area contributed by atoms with Crippen LogP contribution in [0.25, 0.3) is 0 Å². The highest BCUT2D eigenvalue weighted by atomic mass is 16.6. The van der Waals surface area contributed by atoms with Crippen LogP contribution in [-0.4, -0.2) is 27.8 Å². The number of aromatic carboxylic acids is 1. The predicted molar refractivity (Wildman–Crippen MR) is 65.8 cm³/mol. The third-order valence-corrected chi connectivity index (χ3v) is 1.91. The molecule has 2 N–H and O–H groups in total. The molecule has 1 amide bonds. The second kappa shape index (κ2) is 5.03. The van der Waals surface area contributed by atoms with E-state index in [1.54, 1.807) is 27.7 Å². The molecule has 0 aliphatic carbocycles. The topological polar surface area (TPSA) is 88.5 Å². The molecule has 98 valence electrons. The zero-order chi connectivity index (χ0) is 13.9. The van der Waals surface area contributed by atoms with Gasteiger partial charge < -0.3 is 9.84 Å². The van der Waals surface area contributed by atoms with E-state index >= 15 is 0 Å². The van der Waals surface area contributed by atoms with Gasteiger partial charge in [0.2, 0.25) is 0 Å². The standard InChI is InChI=1S/C12H16N2O4/c1-7-5-9(8(6-13-7)10(15)16)14-11(17)18-12(2,3)4/h5-6H,1-4H3,(H,15,16)(H,13,14,17). The van der Waals surface area contributed by atoms with Gasteiger partial charge in [-0.05, 0) is 33.8 Å². The lowest BCUT2D eigenvalue weighted by Crippen LogP contribution is -2.27. The Morgan fingerprint density at radius 2 is 2.00 bits per heavy atom. The minimum Gasteiger partial charge on any atom is -0.478 e. The highest BCUT2D eigenvalue weighted by Gasteiger charge is 2.19. The number of ether oxygens (including phenoxy) is 1. The molecule has 0 fully saturated rings. The average molecular weight is 252 g/mol. The average Bonchev–Trinajstić information content (AvgIpc) is 2.13. The van der Waals surface area contributed by atoms with E-state index < -0.39 is 17.7 Å². The number of carboxylic acids is 1. The number of aromatic nitrogens is 1. The van der Waals surface area contributed by atoms with Gasteiger partial charge in [-0.3, -0.25) is 10.3 Å². The summed E-state index contributed by atoms with van der Waals surface area (Å²) in [6.45, 7) is 6.87. The normalized spacial score (nSPS) is 10.9. The van der Waals surface area contributed by atoms with Crippen LogP contribution < -0.4 is 5.32 Å². The van der Waals surface area contributed by atoms with Crippen molar-refractivity contribution in [2.75, 3.05) is 5.32 Å². The molecule has 0 spiro atoms. The monoisotopic (exact) mass is 252 g/mol. The predicted octanol–water partition coefficient (Wildman–Crippen LogP) is 2.44. The summed E-state index contributed by atoms with van der Waals surface area (Å²) in [6.07, 6.45) is 0.500. The second-order valence-electron chi connectivity index (χ2n) is 4.80. The van der Waals surface area contributed by atoms with Crippen molar-refractivity contribution in [3.8, 4) is 0 Å². The Kier molecular flexibility index (Phi) is 3.90.